The number of urea groups is 1. The third kappa shape index (κ3) is 5.24. The van der Waals surface area contributed by atoms with Crippen LogP contribution in [0.3, 0.4) is 0 Å². The topological polar surface area (TPSA) is 102 Å². The number of alkyl halides is 1. The van der Waals surface area contributed by atoms with Gasteiger partial charge in [0.15, 0.2) is 16.0 Å². The van der Waals surface area contributed by atoms with Gasteiger partial charge in [0.2, 0.25) is 0 Å². The van der Waals surface area contributed by atoms with Crippen LogP contribution in [0.5, 0.6) is 11.5 Å². The van der Waals surface area contributed by atoms with Crippen molar-refractivity contribution in [3.05, 3.63) is 81.3 Å². The fourth-order valence-corrected chi connectivity index (χ4v) is 4.67. The first-order valence-electron chi connectivity index (χ1n) is 9.89. The molecule has 2 N–H and O–H groups in total. The van der Waals surface area contributed by atoms with Gasteiger partial charge in [-0.1, -0.05) is 45.7 Å². The third-order valence-corrected chi connectivity index (χ3v) is 6.60. The number of nitrogens with zero attached hydrogens (tertiary/aromatic N) is 2. The summed E-state index contributed by atoms with van der Waals surface area (Å²) in [7, 11) is 1.37. The van der Waals surface area contributed by atoms with Crippen molar-refractivity contribution in [1.82, 2.24) is 15.3 Å². The SMILES string of the molecule is COc1cncnc1C(=O)NC(=O)Nc1ccc(OC2(Br)CC=Cc3cc(Br)ccc32)c(Cl)c1. The van der Waals surface area contributed by atoms with E-state index in [1.807, 2.05) is 30.4 Å². The van der Waals surface area contributed by atoms with Crippen molar-refractivity contribution in [2.24, 2.45) is 0 Å². The summed E-state index contributed by atoms with van der Waals surface area (Å²) in [5.74, 6) is -0.164. The van der Waals surface area contributed by atoms with E-state index >= 15 is 0 Å². The average molecular weight is 609 g/mol. The highest BCUT2D eigenvalue weighted by Gasteiger charge is 2.35. The number of benzene rings is 2. The second-order valence-electron chi connectivity index (χ2n) is 7.16. The van der Waals surface area contributed by atoms with Crippen molar-refractivity contribution in [2.45, 2.75) is 10.9 Å². The lowest BCUT2D eigenvalue weighted by atomic mass is 9.94. The van der Waals surface area contributed by atoms with E-state index in [9.17, 15) is 9.59 Å². The lowest BCUT2D eigenvalue weighted by molar-refractivity contribution is 0.0958. The standard InChI is InChI=1S/C23H17Br2ClN4O4/c1-33-19-11-27-12-28-20(19)21(31)30-22(32)29-15-5-7-18(17(26)10-15)34-23(25)8-2-3-13-9-14(24)4-6-16(13)23/h2-7,9-12H,8H2,1H3,(H2,29,30,31,32). The normalized spacial score (nSPS) is 16.4. The third-order valence-electron chi connectivity index (χ3n) is 4.90. The molecule has 1 aliphatic carbocycles. The molecule has 3 amide bonds. The number of halogens is 3. The largest absolute Gasteiger partial charge is 0.493 e. The number of nitrogens with one attached hydrogen (secondary N) is 2. The van der Waals surface area contributed by atoms with Gasteiger partial charge in [-0.25, -0.2) is 14.8 Å². The molecule has 8 nitrogen and oxygen atoms in total. The van der Waals surface area contributed by atoms with Crippen LogP contribution in [0.1, 0.15) is 28.0 Å². The molecular formula is C23H17Br2ClN4O4. The maximum Gasteiger partial charge on any atom is 0.326 e. The van der Waals surface area contributed by atoms with Crippen molar-refractivity contribution in [1.29, 1.82) is 0 Å². The number of amides is 3. The van der Waals surface area contributed by atoms with E-state index < -0.39 is 16.4 Å². The molecule has 1 heterocycles. The van der Waals surface area contributed by atoms with Crippen LogP contribution in [0.25, 0.3) is 6.08 Å². The molecule has 0 spiro atoms. The molecule has 4 rings (SSSR count). The van der Waals surface area contributed by atoms with Gasteiger partial charge in [0, 0.05) is 22.1 Å². The van der Waals surface area contributed by atoms with E-state index in [4.69, 9.17) is 21.1 Å². The maximum atomic E-state index is 12.3. The molecule has 174 valence electrons. The second kappa shape index (κ2) is 10.1. The van der Waals surface area contributed by atoms with Crippen molar-refractivity contribution in [2.75, 3.05) is 12.4 Å². The first kappa shape index (κ1) is 24.2. The highest BCUT2D eigenvalue weighted by atomic mass is 79.9. The van der Waals surface area contributed by atoms with E-state index in [0.29, 0.717) is 17.9 Å². The van der Waals surface area contributed by atoms with Crippen LogP contribution < -0.4 is 20.1 Å². The number of carbonyl (C=O) groups excluding carboxylic acids is 2. The molecule has 0 fully saturated rings. The van der Waals surface area contributed by atoms with Crippen LogP contribution in [0.4, 0.5) is 10.5 Å². The summed E-state index contributed by atoms with van der Waals surface area (Å²) in [6.45, 7) is 0. The number of hydrogen-bond donors (Lipinski definition) is 2. The van der Waals surface area contributed by atoms with Crippen LogP contribution in [-0.4, -0.2) is 29.0 Å². The number of carbonyl (C=O) groups is 2. The van der Waals surface area contributed by atoms with Gasteiger partial charge in [0.25, 0.3) is 5.91 Å². The van der Waals surface area contributed by atoms with Crippen LogP contribution >= 0.6 is 43.5 Å². The second-order valence-corrected chi connectivity index (χ2v) is 9.77. The number of anilines is 1. The van der Waals surface area contributed by atoms with Crippen LogP contribution in [0.15, 0.2) is 59.5 Å². The summed E-state index contributed by atoms with van der Waals surface area (Å²) >= 11 is 13.7. The monoisotopic (exact) mass is 606 g/mol. The number of fused-ring (bicyclic) bond motifs is 1. The van der Waals surface area contributed by atoms with Gasteiger partial charge in [0.1, 0.15) is 12.1 Å². The van der Waals surface area contributed by atoms with E-state index in [0.717, 1.165) is 15.6 Å². The highest BCUT2D eigenvalue weighted by molar-refractivity contribution is 9.10. The predicted molar refractivity (Wildman–Crippen MR) is 136 cm³/mol. The van der Waals surface area contributed by atoms with Gasteiger partial charge in [-0.3, -0.25) is 10.1 Å². The van der Waals surface area contributed by atoms with Crippen molar-refractivity contribution < 1.29 is 19.1 Å². The molecule has 0 saturated carbocycles. The number of aromatic nitrogens is 2. The van der Waals surface area contributed by atoms with Gasteiger partial charge in [-0.2, -0.15) is 0 Å². The molecule has 1 aromatic heterocycles. The zero-order valence-electron chi connectivity index (χ0n) is 17.6. The molecule has 3 aromatic rings. The molecular weight excluding hydrogens is 592 g/mol. The Morgan fingerprint density at radius 2 is 2.00 bits per heavy atom. The number of ether oxygens (including phenoxy) is 2. The summed E-state index contributed by atoms with van der Waals surface area (Å²) in [4.78, 5) is 32.2. The molecule has 0 bridgehead atoms. The zero-order valence-corrected chi connectivity index (χ0v) is 21.6. The first-order valence-corrected chi connectivity index (χ1v) is 11.9. The average Bonchev–Trinajstić information content (AvgIpc) is 2.80. The van der Waals surface area contributed by atoms with Crippen LogP contribution in [-0.2, 0) is 4.51 Å². The highest BCUT2D eigenvalue weighted by Crippen LogP contribution is 2.45. The summed E-state index contributed by atoms with van der Waals surface area (Å²) < 4.78 is 11.5. The summed E-state index contributed by atoms with van der Waals surface area (Å²) in [6.07, 6.45) is 7.16. The minimum atomic E-state index is -0.795. The van der Waals surface area contributed by atoms with Gasteiger partial charge in [-0.15, -0.1) is 0 Å². The fourth-order valence-electron chi connectivity index (χ4n) is 3.35. The summed E-state index contributed by atoms with van der Waals surface area (Å²) in [5, 5.41) is 5.03. The molecule has 0 saturated heterocycles. The summed E-state index contributed by atoms with van der Waals surface area (Å²) in [6, 6.07) is 9.98. The first-order chi connectivity index (χ1) is 16.3. The molecule has 1 unspecified atom stereocenters. The van der Waals surface area contributed by atoms with Gasteiger partial charge >= 0.3 is 6.03 Å². The smallest absolute Gasteiger partial charge is 0.326 e. The van der Waals surface area contributed by atoms with Crippen molar-refractivity contribution in [3.63, 3.8) is 0 Å². The lowest BCUT2D eigenvalue weighted by Gasteiger charge is -2.32. The van der Waals surface area contributed by atoms with Crippen LogP contribution in [0, 0.1) is 0 Å². The molecule has 0 aliphatic heterocycles. The quantitative estimate of drug-likeness (QED) is 0.350. The van der Waals surface area contributed by atoms with E-state index in [2.05, 4.69) is 52.5 Å². The van der Waals surface area contributed by atoms with Crippen LogP contribution in [0.2, 0.25) is 5.02 Å². The molecule has 11 heteroatoms. The number of methoxy groups -OCH3 is 1. The van der Waals surface area contributed by atoms with Gasteiger partial charge < -0.3 is 14.8 Å². The Bertz CT molecular complexity index is 1300. The molecule has 34 heavy (non-hydrogen) atoms. The van der Waals surface area contributed by atoms with Gasteiger partial charge in [0.05, 0.1) is 18.3 Å². The lowest BCUT2D eigenvalue weighted by Crippen LogP contribution is -2.35. The fraction of sp³-hybridized carbons (Fsp3) is 0.130. The number of hydrogen-bond acceptors (Lipinski definition) is 6. The van der Waals surface area contributed by atoms with E-state index in [-0.39, 0.29) is 16.5 Å². The van der Waals surface area contributed by atoms with Crippen molar-refractivity contribution in [3.8, 4) is 11.5 Å². The predicted octanol–water partition coefficient (Wildman–Crippen LogP) is 5.91. The zero-order chi connectivity index (χ0) is 24.3. The minimum absolute atomic E-state index is 0.0640. The maximum absolute atomic E-state index is 12.3. The molecule has 1 aliphatic rings. The molecule has 0 radical (unpaired) electrons. The Hall–Kier alpha value is -2.95. The number of rotatable bonds is 5. The Morgan fingerprint density at radius 3 is 2.76 bits per heavy atom. The Balaban J connectivity index is 1.45. The summed E-state index contributed by atoms with van der Waals surface area (Å²) in [5.41, 5.74) is 2.29. The molecule has 1 atom stereocenters. The Morgan fingerprint density at radius 1 is 1.18 bits per heavy atom. The Kier molecular flexibility index (Phi) is 7.20. The van der Waals surface area contributed by atoms with Gasteiger partial charge in [-0.05, 0) is 51.8 Å². The Labute approximate surface area is 217 Å². The van der Waals surface area contributed by atoms with Crippen molar-refractivity contribution >= 4 is 67.2 Å². The minimum Gasteiger partial charge on any atom is -0.493 e. The molecule has 2 aromatic carbocycles. The number of imide groups is 1. The van der Waals surface area contributed by atoms with E-state index in [1.165, 1.54) is 25.7 Å². The van der Waals surface area contributed by atoms with E-state index in [1.54, 1.807) is 12.1 Å².